The predicted molar refractivity (Wildman–Crippen MR) is 50.3 cm³/mol. The lowest BCUT2D eigenvalue weighted by Gasteiger charge is -2.23. The number of nitrogens with one attached hydrogen (secondary N) is 2. The Bertz CT molecular complexity index is 167. The van der Waals surface area contributed by atoms with Crippen molar-refractivity contribution in [1.29, 1.82) is 0 Å². The fourth-order valence-electron chi connectivity index (χ4n) is 1.48. The van der Waals surface area contributed by atoms with Crippen molar-refractivity contribution in [2.24, 2.45) is 5.92 Å². The van der Waals surface area contributed by atoms with Crippen LogP contribution >= 0.6 is 0 Å². The van der Waals surface area contributed by atoms with Gasteiger partial charge in [0.25, 0.3) is 0 Å². The lowest BCUT2D eigenvalue weighted by molar-refractivity contribution is -0.126. The molecule has 0 saturated carbocycles. The third-order valence-corrected chi connectivity index (χ3v) is 2.33. The second-order valence-electron chi connectivity index (χ2n) is 3.64. The number of hydrogen-bond donors (Lipinski definition) is 3. The van der Waals surface area contributed by atoms with E-state index in [1.807, 2.05) is 0 Å². The van der Waals surface area contributed by atoms with Crippen LogP contribution in [0, 0.1) is 5.92 Å². The van der Waals surface area contributed by atoms with Crippen LogP contribution in [0.1, 0.15) is 19.8 Å². The Hall–Kier alpha value is -0.610. The zero-order chi connectivity index (χ0) is 9.68. The average Bonchev–Trinajstić information content (AvgIpc) is 2.19. The summed E-state index contributed by atoms with van der Waals surface area (Å²) in [6, 6.07) is -0.130. The SMILES string of the molecule is C[C@H](CO)NC(=O)[C@H]1CCCNC1. The molecule has 1 rings (SSSR count). The number of amides is 1. The number of aliphatic hydroxyl groups is 1. The molecule has 0 spiro atoms. The molecule has 1 aliphatic heterocycles. The lowest BCUT2D eigenvalue weighted by Crippen LogP contribution is -2.44. The normalized spacial score (nSPS) is 25.2. The van der Waals surface area contributed by atoms with E-state index in [2.05, 4.69) is 10.6 Å². The van der Waals surface area contributed by atoms with Crippen LogP contribution in [-0.4, -0.2) is 36.8 Å². The van der Waals surface area contributed by atoms with Crippen molar-refractivity contribution in [2.75, 3.05) is 19.7 Å². The van der Waals surface area contributed by atoms with Crippen LogP contribution in [0.5, 0.6) is 0 Å². The van der Waals surface area contributed by atoms with Gasteiger partial charge in [0.2, 0.25) is 5.91 Å². The van der Waals surface area contributed by atoms with Gasteiger partial charge in [-0.05, 0) is 26.3 Å². The van der Waals surface area contributed by atoms with E-state index in [0.29, 0.717) is 0 Å². The Kier molecular flexibility index (Phi) is 4.18. The molecule has 3 N–H and O–H groups in total. The summed E-state index contributed by atoms with van der Waals surface area (Å²) in [4.78, 5) is 11.5. The number of carbonyl (C=O) groups is 1. The van der Waals surface area contributed by atoms with Crippen LogP contribution in [0.2, 0.25) is 0 Å². The standard InChI is InChI=1S/C9H18N2O2/c1-7(6-12)11-9(13)8-3-2-4-10-5-8/h7-8,10,12H,2-6H2,1H3,(H,11,13)/t7-,8+/m1/s1. The quantitative estimate of drug-likeness (QED) is 0.556. The first-order chi connectivity index (χ1) is 6.24. The molecule has 1 saturated heterocycles. The zero-order valence-corrected chi connectivity index (χ0v) is 8.05. The van der Waals surface area contributed by atoms with Gasteiger partial charge in [-0.3, -0.25) is 4.79 Å². The maximum Gasteiger partial charge on any atom is 0.224 e. The fourth-order valence-corrected chi connectivity index (χ4v) is 1.48. The highest BCUT2D eigenvalue weighted by Crippen LogP contribution is 2.09. The Morgan fingerprint density at radius 2 is 2.54 bits per heavy atom. The molecule has 0 unspecified atom stereocenters. The third kappa shape index (κ3) is 3.32. The van der Waals surface area contributed by atoms with Gasteiger partial charge in [0.15, 0.2) is 0 Å². The first kappa shape index (κ1) is 10.5. The van der Waals surface area contributed by atoms with Crippen LogP contribution in [0.3, 0.4) is 0 Å². The second-order valence-corrected chi connectivity index (χ2v) is 3.64. The number of piperidine rings is 1. The summed E-state index contributed by atoms with van der Waals surface area (Å²) in [5, 5.41) is 14.7. The number of rotatable bonds is 3. The molecule has 0 aliphatic carbocycles. The fraction of sp³-hybridized carbons (Fsp3) is 0.889. The molecule has 76 valence electrons. The molecule has 1 aliphatic rings. The van der Waals surface area contributed by atoms with Gasteiger partial charge in [0, 0.05) is 12.6 Å². The number of hydrogen-bond acceptors (Lipinski definition) is 3. The van der Waals surface area contributed by atoms with Crippen molar-refractivity contribution in [3.8, 4) is 0 Å². The zero-order valence-electron chi connectivity index (χ0n) is 8.05. The minimum absolute atomic E-state index is 0.00584. The third-order valence-electron chi connectivity index (χ3n) is 2.33. The van der Waals surface area contributed by atoms with Gasteiger partial charge in [-0.25, -0.2) is 0 Å². The molecular formula is C9H18N2O2. The summed E-state index contributed by atoms with van der Waals surface area (Å²) in [6.45, 7) is 3.59. The van der Waals surface area contributed by atoms with Gasteiger partial charge in [0.1, 0.15) is 0 Å². The van der Waals surface area contributed by atoms with Crippen LogP contribution in [0.25, 0.3) is 0 Å². The van der Waals surface area contributed by atoms with Crippen LogP contribution in [0.15, 0.2) is 0 Å². The van der Waals surface area contributed by atoms with E-state index in [4.69, 9.17) is 5.11 Å². The van der Waals surface area contributed by atoms with Crippen molar-refractivity contribution in [3.63, 3.8) is 0 Å². The van der Waals surface area contributed by atoms with Crippen LogP contribution in [-0.2, 0) is 4.79 Å². The van der Waals surface area contributed by atoms with E-state index in [1.165, 1.54) is 0 Å². The average molecular weight is 186 g/mol. The van der Waals surface area contributed by atoms with Gasteiger partial charge in [-0.15, -0.1) is 0 Å². The molecule has 0 aromatic heterocycles. The summed E-state index contributed by atoms with van der Waals surface area (Å²) >= 11 is 0. The molecule has 1 amide bonds. The number of aliphatic hydroxyl groups excluding tert-OH is 1. The van der Waals surface area contributed by atoms with Crippen molar-refractivity contribution < 1.29 is 9.90 Å². The molecule has 2 atom stereocenters. The molecular weight excluding hydrogens is 168 g/mol. The van der Waals surface area contributed by atoms with Gasteiger partial charge in [-0.2, -0.15) is 0 Å². The molecule has 0 radical (unpaired) electrons. The van der Waals surface area contributed by atoms with E-state index >= 15 is 0 Å². The molecule has 1 fully saturated rings. The monoisotopic (exact) mass is 186 g/mol. The maximum atomic E-state index is 11.5. The van der Waals surface area contributed by atoms with Gasteiger partial charge < -0.3 is 15.7 Å². The van der Waals surface area contributed by atoms with E-state index < -0.39 is 0 Å². The summed E-state index contributed by atoms with van der Waals surface area (Å²) in [5.41, 5.74) is 0. The Morgan fingerprint density at radius 1 is 1.77 bits per heavy atom. The van der Waals surface area contributed by atoms with Crippen LogP contribution in [0.4, 0.5) is 0 Å². The molecule has 0 bridgehead atoms. The Morgan fingerprint density at radius 3 is 3.08 bits per heavy atom. The van der Waals surface area contributed by atoms with E-state index in [-0.39, 0.29) is 24.5 Å². The minimum atomic E-state index is -0.130. The Balaban J connectivity index is 2.29. The molecule has 4 nitrogen and oxygen atoms in total. The summed E-state index contributed by atoms with van der Waals surface area (Å²) < 4.78 is 0. The summed E-state index contributed by atoms with van der Waals surface area (Å²) in [7, 11) is 0. The maximum absolute atomic E-state index is 11.5. The smallest absolute Gasteiger partial charge is 0.224 e. The highest BCUT2D eigenvalue weighted by Gasteiger charge is 2.21. The lowest BCUT2D eigenvalue weighted by atomic mass is 9.98. The first-order valence-corrected chi connectivity index (χ1v) is 4.86. The van der Waals surface area contributed by atoms with E-state index in [0.717, 1.165) is 25.9 Å². The van der Waals surface area contributed by atoms with Gasteiger partial charge in [-0.1, -0.05) is 0 Å². The summed E-state index contributed by atoms with van der Waals surface area (Å²) in [6.07, 6.45) is 2.02. The van der Waals surface area contributed by atoms with Crippen molar-refractivity contribution in [1.82, 2.24) is 10.6 Å². The van der Waals surface area contributed by atoms with Crippen LogP contribution < -0.4 is 10.6 Å². The topological polar surface area (TPSA) is 61.4 Å². The molecule has 0 aromatic rings. The van der Waals surface area contributed by atoms with Crippen molar-refractivity contribution >= 4 is 5.91 Å². The number of carbonyl (C=O) groups excluding carboxylic acids is 1. The highest BCUT2D eigenvalue weighted by atomic mass is 16.3. The summed E-state index contributed by atoms with van der Waals surface area (Å²) in [5.74, 6) is 0.150. The van der Waals surface area contributed by atoms with Crippen molar-refractivity contribution in [2.45, 2.75) is 25.8 Å². The minimum Gasteiger partial charge on any atom is -0.394 e. The predicted octanol–water partition coefficient (Wildman–Crippen LogP) is -0.517. The van der Waals surface area contributed by atoms with E-state index in [1.54, 1.807) is 6.92 Å². The van der Waals surface area contributed by atoms with Gasteiger partial charge >= 0.3 is 0 Å². The van der Waals surface area contributed by atoms with Gasteiger partial charge in [0.05, 0.1) is 12.5 Å². The highest BCUT2D eigenvalue weighted by molar-refractivity contribution is 5.79. The largest absolute Gasteiger partial charge is 0.394 e. The van der Waals surface area contributed by atoms with Crippen molar-refractivity contribution in [3.05, 3.63) is 0 Å². The molecule has 13 heavy (non-hydrogen) atoms. The Labute approximate surface area is 78.7 Å². The first-order valence-electron chi connectivity index (χ1n) is 4.86. The molecule has 0 aromatic carbocycles. The second kappa shape index (κ2) is 5.19. The molecule has 1 heterocycles. The van der Waals surface area contributed by atoms with E-state index in [9.17, 15) is 4.79 Å². The molecule has 4 heteroatoms.